The van der Waals surface area contributed by atoms with E-state index in [9.17, 15) is 0 Å². The van der Waals surface area contributed by atoms with Crippen molar-refractivity contribution in [3.63, 3.8) is 0 Å². The Morgan fingerprint density at radius 3 is 1.60 bits per heavy atom. The van der Waals surface area contributed by atoms with Crippen LogP contribution in [0.25, 0.3) is 11.5 Å². The van der Waals surface area contributed by atoms with Crippen LogP contribution in [-0.4, -0.2) is 0 Å². The molecular weight excluding hydrogens is 408 g/mol. The molecule has 0 N–H and O–H groups in total. The molecular formula is C28H22FeO. The summed E-state index contributed by atoms with van der Waals surface area (Å²) in [5.74, 6) is 1.74. The number of allylic oxidation sites excluding steroid dienone is 12. The van der Waals surface area contributed by atoms with Gasteiger partial charge in [0.05, 0.1) is 0 Å². The molecule has 148 valence electrons. The zero-order valence-electron chi connectivity index (χ0n) is 16.5. The second-order valence-electron chi connectivity index (χ2n) is 6.68. The van der Waals surface area contributed by atoms with Gasteiger partial charge in [0.1, 0.15) is 11.5 Å². The van der Waals surface area contributed by atoms with Crippen LogP contribution in [0.5, 0.6) is 0 Å². The van der Waals surface area contributed by atoms with E-state index in [0.29, 0.717) is 0 Å². The van der Waals surface area contributed by atoms with Crippen LogP contribution in [0, 0.1) is 12.8 Å². The van der Waals surface area contributed by atoms with Crippen LogP contribution in [0.4, 0.5) is 0 Å². The Morgan fingerprint density at radius 1 is 0.600 bits per heavy atom. The molecule has 2 aromatic carbocycles. The minimum absolute atomic E-state index is 0. The van der Waals surface area contributed by atoms with E-state index in [1.807, 2.05) is 67.1 Å². The summed E-state index contributed by atoms with van der Waals surface area (Å²) in [6.45, 7) is 0. The number of hydrogen-bond donors (Lipinski definition) is 0. The van der Waals surface area contributed by atoms with Crippen molar-refractivity contribution in [3.05, 3.63) is 157 Å². The Balaban J connectivity index is 0.000000376. The molecule has 0 spiro atoms. The molecule has 2 aromatic rings. The Morgan fingerprint density at radius 2 is 1.17 bits per heavy atom. The molecule has 30 heavy (non-hydrogen) atoms. The smallest absolute Gasteiger partial charge is 0.135 e. The predicted octanol–water partition coefficient (Wildman–Crippen LogP) is 7.04. The fourth-order valence-electron chi connectivity index (χ4n) is 3.09. The molecule has 0 aromatic heterocycles. The first-order valence-corrected chi connectivity index (χ1v) is 9.71. The predicted molar refractivity (Wildman–Crippen MR) is 122 cm³/mol. The molecule has 0 amide bonds. The maximum atomic E-state index is 6.19. The number of ether oxygens (including phenoxy) is 1. The van der Waals surface area contributed by atoms with E-state index in [0.717, 1.165) is 28.2 Å². The van der Waals surface area contributed by atoms with Crippen molar-refractivity contribution in [1.29, 1.82) is 0 Å². The fraction of sp³-hybridized carbons (Fsp3) is 0. The molecule has 2 radical (unpaired) electrons. The van der Waals surface area contributed by atoms with Gasteiger partial charge in [-0.05, 0) is 29.4 Å². The van der Waals surface area contributed by atoms with Crippen LogP contribution in [0.15, 0.2) is 133 Å². The van der Waals surface area contributed by atoms with Crippen LogP contribution in [0.2, 0.25) is 0 Å². The van der Waals surface area contributed by atoms with Crippen LogP contribution in [-0.2, 0) is 21.8 Å². The van der Waals surface area contributed by atoms with Gasteiger partial charge in [0, 0.05) is 41.0 Å². The molecule has 1 heterocycles. The van der Waals surface area contributed by atoms with E-state index in [-0.39, 0.29) is 17.1 Å². The third-order valence-corrected chi connectivity index (χ3v) is 4.51. The number of benzene rings is 2. The molecule has 1 aliphatic heterocycles. The van der Waals surface area contributed by atoms with Crippen LogP contribution in [0.3, 0.4) is 0 Å². The monoisotopic (exact) mass is 430 g/mol. The van der Waals surface area contributed by atoms with Crippen LogP contribution >= 0.6 is 0 Å². The first-order chi connectivity index (χ1) is 14.4. The van der Waals surface area contributed by atoms with Gasteiger partial charge >= 0.3 is 0 Å². The largest absolute Gasteiger partial charge is 0.456 e. The summed E-state index contributed by atoms with van der Waals surface area (Å²) >= 11 is 0. The van der Waals surface area contributed by atoms with Gasteiger partial charge in [0.15, 0.2) is 0 Å². The standard InChI is InChI=1S/C23H17O.C5H5.Fe/c1-3-11-20(12-4-1)22-16-19(15-18-9-7-8-10-18)17-23(24-22)21-13-5-2-6-14-21;1-2-4-5-3-1;/h1-17H;1-5H;. The second-order valence-corrected chi connectivity index (χ2v) is 6.68. The molecule has 0 saturated carbocycles. The third kappa shape index (κ3) is 5.97. The molecule has 1 nitrogen and oxygen atoms in total. The average molecular weight is 430 g/mol. The zero-order valence-corrected chi connectivity index (χ0v) is 17.6. The third-order valence-electron chi connectivity index (χ3n) is 4.51. The summed E-state index contributed by atoms with van der Waals surface area (Å²) in [5.41, 5.74) is 4.48. The maximum absolute atomic E-state index is 6.19. The topological polar surface area (TPSA) is 9.23 Å². The normalized spacial score (nSPS) is 15.9. The number of hydrogen-bond acceptors (Lipinski definition) is 1. The first kappa shape index (κ1) is 21.6. The summed E-state index contributed by atoms with van der Waals surface area (Å²) in [6.07, 6.45) is 24.7. The molecule has 0 bridgehead atoms. The van der Waals surface area contributed by atoms with E-state index in [2.05, 4.69) is 67.1 Å². The number of rotatable bonds is 3. The Hall–Kier alpha value is -3.06. The van der Waals surface area contributed by atoms with Gasteiger partial charge in [-0.2, -0.15) is 0 Å². The van der Waals surface area contributed by atoms with Crippen molar-refractivity contribution < 1.29 is 21.8 Å². The van der Waals surface area contributed by atoms with E-state index >= 15 is 0 Å². The zero-order chi connectivity index (χ0) is 19.7. The van der Waals surface area contributed by atoms with Crippen molar-refractivity contribution in [2.24, 2.45) is 0 Å². The summed E-state index contributed by atoms with van der Waals surface area (Å²) in [7, 11) is 0. The SMILES string of the molecule is [CH]1C=CC(C=C2C=C(c3ccccc3)OC(c3ccccc3)=C2)=C1.[CH]1C=CC=C1.[Fe]. The molecule has 3 aliphatic rings. The van der Waals surface area contributed by atoms with Crippen molar-refractivity contribution in [3.8, 4) is 0 Å². The van der Waals surface area contributed by atoms with Gasteiger partial charge in [-0.15, -0.1) is 0 Å². The van der Waals surface area contributed by atoms with Gasteiger partial charge in [-0.25, -0.2) is 0 Å². The molecule has 0 saturated heterocycles. The summed E-state index contributed by atoms with van der Waals surface area (Å²) in [6, 6.07) is 20.4. The van der Waals surface area contributed by atoms with E-state index < -0.39 is 0 Å². The quantitative estimate of drug-likeness (QED) is 0.475. The average Bonchev–Trinajstić information content (AvgIpc) is 3.52. The van der Waals surface area contributed by atoms with E-state index in [1.165, 1.54) is 5.57 Å². The van der Waals surface area contributed by atoms with Gasteiger partial charge in [0.25, 0.3) is 0 Å². The van der Waals surface area contributed by atoms with Crippen molar-refractivity contribution in [1.82, 2.24) is 0 Å². The first-order valence-electron chi connectivity index (χ1n) is 9.71. The van der Waals surface area contributed by atoms with Gasteiger partial charge in [-0.3, -0.25) is 0 Å². The van der Waals surface area contributed by atoms with Crippen molar-refractivity contribution in [2.45, 2.75) is 0 Å². The van der Waals surface area contributed by atoms with Crippen LogP contribution in [0.1, 0.15) is 11.1 Å². The molecule has 0 fully saturated rings. The minimum Gasteiger partial charge on any atom is -0.456 e. The summed E-state index contributed by atoms with van der Waals surface area (Å²) in [5, 5.41) is 0. The Kier molecular flexibility index (Phi) is 8.09. The molecule has 0 unspecified atom stereocenters. The summed E-state index contributed by atoms with van der Waals surface area (Å²) in [4.78, 5) is 0. The minimum atomic E-state index is 0. The van der Waals surface area contributed by atoms with Gasteiger partial charge in [0.2, 0.25) is 0 Å². The van der Waals surface area contributed by atoms with E-state index in [1.54, 1.807) is 0 Å². The summed E-state index contributed by atoms with van der Waals surface area (Å²) < 4.78 is 6.19. The Labute approximate surface area is 189 Å². The van der Waals surface area contributed by atoms with Crippen molar-refractivity contribution >= 4 is 11.5 Å². The van der Waals surface area contributed by atoms with Crippen LogP contribution < -0.4 is 0 Å². The molecule has 2 heteroatoms. The van der Waals surface area contributed by atoms with E-state index in [4.69, 9.17) is 4.74 Å². The maximum Gasteiger partial charge on any atom is 0.135 e. The van der Waals surface area contributed by atoms with Crippen molar-refractivity contribution in [2.75, 3.05) is 0 Å². The van der Waals surface area contributed by atoms with Gasteiger partial charge in [-0.1, -0.05) is 103 Å². The Bertz CT molecular complexity index is 981. The second kappa shape index (κ2) is 11.2. The molecule has 0 atom stereocenters. The molecule has 5 rings (SSSR count). The molecule has 2 aliphatic carbocycles. The fourth-order valence-corrected chi connectivity index (χ4v) is 3.09. The van der Waals surface area contributed by atoms with Gasteiger partial charge < -0.3 is 4.74 Å².